The molecule has 0 aliphatic carbocycles. The molecule has 1 aliphatic heterocycles. The summed E-state index contributed by atoms with van der Waals surface area (Å²) in [5.41, 5.74) is 1.46. The van der Waals surface area contributed by atoms with Crippen molar-refractivity contribution in [2.24, 2.45) is 5.92 Å². The van der Waals surface area contributed by atoms with E-state index in [1.54, 1.807) is 56.3 Å². The molecule has 0 radical (unpaired) electrons. The van der Waals surface area contributed by atoms with Crippen molar-refractivity contribution in [3.8, 4) is 5.75 Å². The smallest absolute Gasteiger partial charge is 0.321 e. The van der Waals surface area contributed by atoms with Gasteiger partial charge in [-0.05, 0) is 76.6 Å². The monoisotopic (exact) mass is 691 g/mol. The van der Waals surface area contributed by atoms with Crippen LogP contribution < -0.4 is 14.8 Å². The molecule has 3 amide bonds. The highest BCUT2D eigenvalue weighted by molar-refractivity contribution is 7.94. The molecule has 13 nitrogen and oxygen atoms in total. The molecule has 15 heteroatoms. The van der Waals surface area contributed by atoms with E-state index in [4.69, 9.17) is 14.0 Å². The van der Waals surface area contributed by atoms with E-state index < -0.39 is 28.1 Å². The Hall–Kier alpha value is -3.66. The molecule has 3 N–H and O–H groups in total. The number of benzene rings is 1. The number of thiophene rings is 1. The van der Waals surface area contributed by atoms with Crippen molar-refractivity contribution in [2.45, 2.75) is 76.3 Å². The number of likely N-dealkylation sites (N-methyl/N-ethyl adjacent to an activating group) is 1. The molecule has 258 valence electrons. The van der Waals surface area contributed by atoms with Gasteiger partial charge in [0.05, 0.1) is 30.4 Å². The predicted molar refractivity (Wildman–Crippen MR) is 180 cm³/mol. The van der Waals surface area contributed by atoms with Crippen LogP contribution in [0.15, 0.2) is 44.4 Å². The number of fused-ring (bicyclic) bond motifs is 1. The van der Waals surface area contributed by atoms with Gasteiger partial charge in [-0.1, -0.05) is 18.1 Å². The first-order valence-electron chi connectivity index (χ1n) is 15.7. The summed E-state index contributed by atoms with van der Waals surface area (Å²) in [6, 6.07) is 6.86. The number of sulfonamides is 1. The Morgan fingerprint density at radius 1 is 1.23 bits per heavy atom. The number of anilines is 2. The Balaban J connectivity index is 1.62. The van der Waals surface area contributed by atoms with Crippen molar-refractivity contribution in [3.05, 3.63) is 52.7 Å². The fourth-order valence-electron chi connectivity index (χ4n) is 5.29. The van der Waals surface area contributed by atoms with E-state index in [1.165, 1.54) is 17.0 Å². The van der Waals surface area contributed by atoms with Crippen LogP contribution in [0.25, 0.3) is 0 Å². The van der Waals surface area contributed by atoms with E-state index in [-0.39, 0.29) is 53.2 Å². The SMILES string of the molecule is Cc1noc(C)c1NC(=O)N(C)C[C@H]1OCCCC[C@@H](C)Oc2ccc(NS(=O)(=O)c3cccs3)cc2C(=O)N([C@H](C)CO)C[C@@H]1C. The summed E-state index contributed by atoms with van der Waals surface area (Å²) in [6.45, 7) is 9.62. The molecule has 1 aromatic carbocycles. The lowest BCUT2D eigenvalue weighted by molar-refractivity contribution is -0.0115. The molecular formula is C32H45N5O8S2. The summed E-state index contributed by atoms with van der Waals surface area (Å²) < 4.78 is 46.4. The third-order valence-electron chi connectivity index (χ3n) is 8.13. The molecule has 0 fully saturated rings. The first kappa shape index (κ1) is 36.2. The lowest BCUT2D eigenvalue weighted by atomic mass is 10.0. The summed E-state index contributed by atoms with van der Waals surface area (Å²) in [5.74, 6) is 0.122. The van der Waals surface area contributed by atoms with Gasteiger partial charge in [-0.3, -0.25) is 9.52 Å². The number of hydrogen-bond acceptors (Lipinski definition) is 10. The second-order valence-electron chi connectivity index (χ2n) is 12.1. The zero-order valence-corrected chi connectivity index (χ0v) is 29.3. The summed E-state index contributed by atoms with van der Waals surface area (Å²) in [6.07, 6.45) is 1.57. The van der Waals surface area contributed by atoms with E-state index in [2.05, 4.69) is 15.2 Å². The average molecular weight is 692 g/mol. The lowest BCUT2D eigenvalue weighted by Crippen LogP contribution is -2.48. The Morgan fingerprint density at radius 2 is 2.00 bits per heavy atom. The maximum absolute atomic E-state index is 14.3. The van der Waals surface area contributed by atoms with Crippen LogP contribution in [-0.4, -0.2) is 92.0 Å². The highest BCUT2D eigenvalue weighted by Gasteiger charge is 2.31. The third-order valence-corrected chi connectivity index (χ3v) is 10.9. The summed E-state index contributed by atoms with van der Waals surface area (Å²) in [7, 11) is -2.20. The van der Waals surface area contributed by atoms with Gasteiger partial charge in [0.15, 0.2) is 5.76 Å². The van der Waals surface area contributed by atoms with Crippen molar-refractivity contribution in [2.75, 3.05) is 43.4 Å². The van der Waals surface area contributed by atoms with Gasteiger partial charge in [0.1, 0.15) is 21.3 Å². The topological polar surface area (TPSA) is 164 Å². The molecule has 1 aliphatic rings. The first-order valence-corrected chi connectivity index (χ1v) is 18.0. The van der Waals surface area contributed by atoms with Gasteiger partial charge >= 0.3 is 6.03 Å². The zero-order valence-electron chi connectivity index (χ0n) is 27.7. The summed E-state index contributed by atoms with van der Waals surface area (Å²) >= 11 is 1.09. The minimum absolute atomic E-state index is 0.148. The Labute approximate surface area is 280 Å². The summed E-state index contributed by atoms with van der Waals surface area (Å²) in [4.78, 5) is 30.5. The molecule has 47 heavy (non-hydrogen) atoms. The standard InChI is InChI=1S/C32H45N5O8S2/c1-20-17-37(21(2)19-38)31(39)26-16-25(35-47(41,42)29-11-9-15-46-29)12-13-27(26)44-22(3)10-7-8-14-43-28(20)18-36(6)32(40)33-30-23(4)34-45-24(30)5/h9,11-13,15-16,20-22,28,35,38H,7-8,10,14,17-19H2,1-6H3,(H,33,40)/t20-,21+,22+,28+/m0/s1. The van der Waals surface area contributed by atoms with Crippen LogP contribution in [-0.2, 0) is 14.8 Å². The van der Waals surface area contributed by atoms with Crippen LogP contribution in [0.4, 0.5) is 16.2 Å². The molecule has 0 unspecified atom stereocenters. The van der Waals surface area contributed by atoms with Gasteiger partial charge in [-0.25, -0.2) is 13.2 Å². The number of nitrogens with one attached hydrogen (secondary N) is 2. The van der Waals surface area contributed by atoms with E-state index in [0.717, 1.165) is 24.2 Å². The van der Waals surface area contributed by atoms with Crippen LogP contribution in [0.1, 0.15) is 61.8 Å². The lowest BCUT2D eigenvalue weighted by Gasteiger charge is -2.35. The van der Waals surface area contributed by atoms with E-state index >= 15 is 0 Å². The normalized spacial score (nSPS) is 20.4. The number of nitrogens with zero attached hydrogens (tertiary/aromatic N) is 3. The maximum Gasteiger partial charge on any atom is 0.321 e. The number of aromatic nitrogens is 1. The fourth-order valence-corrected chi connectivity index (χ4v) is 7.33. The number of aryl methyl sites for hydroxylation is 2. The quantitative estimate of drug-likeness (QED) is 0.291. The number of amides is 3. The van der Waals surface area contributed by atoms with Crippen LogP contribution in [0.2, 0.25) is 0 Å². The van der Waals surface area contributed by atoms with Crippen LogP contribution >= 0.6 is 11.3 Å². The number of hydrogen-bond donors (Lipinski definition) is 3. The highest BCUT2D eigenvalue weighted by atomic mass is 32.2. The van der Waals surface area contributed by atoms with Crippen molar-refractivity contribution in [1.29, 1.82) is 0 Å². The molecule has 0 saturated carbocycles. The molecule has 0 bridgehead atoms. The summed E-state index contributed by atoms with van der Waals surface area (Å²) in [5, 5.41) is 18.6. The van der Waals surface area contributed by atoms with E-state index in [0.29, 0.717) is 35.9 Å². The van der Waals surface area contributed by atoms with Crippen LogP contribution in [0.3, 0.4) is 0 Å². The average Bonchev–Trinajstić information content (AvgIpc) is 3.69. The van der Waals surface area contributed by atoms with Gasteiger partial charge < -0.3 is 34.2 Å². The van der Waals surface area contributed by atoms with E-state index in [9.17, 15) is 23.1 Å². The molecular weight excluding hydrogens is 647 g/mol. The van der Waals surface area contributed by atoms with Crippen LogP contribution in [0, 0.1) is 19.8 Å². The van der Waals surface area contributed by atoms with Crippen molar-refractivity contribution >= 4 is 44.7 Å². The fraction of sp³-hybridized carbons (Fsp3) is 0.531. The minimum atomic E-state index is -3.86. The zero-order chi connectivity index (χ0) is 34.3. The molecule has 3 heterocycles. The largest absolute Gasteiger partial charge is 0.490 e. The van der Waals surface area contributed by atoms with Crippen molar-refractivity contribution < 1.29 is 37.1 Å². The number of ether oxygens (including phenoxy) is 2. The molecule has 2 aromatic heterocycles. The minimum Gasteiger partial charge on any atom is -0.490 e. The first-order chi connectivity index (χ1) is 22.3. The van der Waals surface area contributed by atoms with Gasteiger partial charge in [-0.2, -0.15) is 0 Å². The number of rotatable bonds is 8. The van der Waals surface area contributed by atoms with Gasteiger partial charge in [0, 0.05) is 38.3 Å². The third kappa shape index (κ3) is 9.24. The van der Waals surface area contributed by atoms with Gasteiger partial charge in [0.2, 0.25) is 0 Å². The molecule has 0 saturated heterocycles. The second-order valence-corrected chi connectivity index (χ2v) is 14.9. The molecule has 0 spiro atoms. The Morgan fingerprint density at radius 3 is 2.66 bits per heavy atom. The predicted octanol–water partition coefficient (Wildman–Crippen LogP) is 5.11. The molecule has 4 atom stereocenters. The maximum atomic E-state index is 14.3. The highest BCUT2D eigenvalue weighted by Crippen LogP contribution is 2.30. The Kier molecular flexibility index (Phi) is 12.3. The van der Waals surface area contributed by atoms with Gasteiger partial charge in [-0.15, -0.1) is 11.3 Å². The van der Waals surface area contributed by atoms with Gasteiger partial charge in [0.25, 0.3) is 15.9 Å². The number of aliphatic hydroxyl groups excluding tert-OH is 1. The molecule has 4 rings (SSSR count). The molecule has 3 aromatic rings. The second kappa shape index (κ2) is 16.0. The van der Waals surface area contributed by atoms with Crippen molar-refractivity contribution in [1.82, 2.24) is 15.0 Å². The van der Waals surface area contributed by atoms with E-state index in [1.807, 2.05) is 13.8 Å². The van der Waals surface area contributed by atoms with Crippen LogP contribution in [0.5, 0.6) is 5.75 Å². The number of carbonyl (C=O) groups is 2. The number of carbonyl (C=O) groups excluding carboxylic acids is 2. The van der Waals surface area contributed by atoms with Crippen molar-refractivity contribution in [3.63, 3.8) is 0 Å². The number of urea groups is 1. The number of aliphatic hydroxyl groups is 1. The Bertz CT molecular complexity index is 1590.